The van der Waals surface area contributed by atoms with Crippen LogP contribution in [0.2, 0.25) is 0 Å². The summed E-state index contributed by atoms with van der Waals surface area (Å²) in [5.41, 5.74) is 2.05. The fourth-order valence-electron chi connectivity index (χ4n) is 2.78. The largest absolute Gasteiger partial charge is 0.338 e. The quantitative estimate of drug-likeness (QED) is 0.911. The summed E-state index contributed by atoms with van der Waals surface area (Å²) in [6.45, 7) is 7.07. The number of hydrogen-bond donors (Lipinski definition) is 2. The topological polar surface area (TPSA) is 77.2 Å². The van der Waals surface area contributed by atoms with E-state index in [-0.39, 0.29) is 6.03 Å². The number of aromatic amines is 1. The third-order valence-corrected chi connectivity index (χ3v) is 4.09. The molecule has 7 heteroatoms. The molecule has 7 nitrogen and oxygen atoms in total. The standard InChI is InChI=1S/C16H22N6O/c1-12(2)13-5-3-4-6-14(13)19-16(23)22-9-7-21(8-10-22)15-17-11-18-20-15/h3-6,11-12H,7-10H2,1-2H3,(H,19,23)(H,17,18,20). The second kappa shape index (κ2) is 6.68. The van der Waals surface area contributed by atoms with Gasteiger partial charge in [-0.3, -0.25) is 0 Å². The van der Waals surface area contributed by atoms with E-state index in [1.807, 2.05) is 23.1 Å². The van der Waals surface area contributed by atoms with Crippen molar-refractivity contribution in [3.05, 3.63) is 36.2 Å². The molecule has 0 saturated carbocycles. The smallest absolute Gasteiger partial charge is 0.321 e. The summed E-state index contributed by atoms with van der Waals surface area (Å²) in [5, 5.41) is 9.76. The van der Waals surface area contributed by atoms with Crippen molar-refractivity contribution in [3.63, 3.8) is 0 Å². The van der Waals surface area contributed by atoms with Crippen LogP contribution >= 0.6 is 0 Å². The number of nitrogens with one attached hydrogen (secondary N) is 2. The van der Waals surface area contributed by atoms with E-state index in [0.29, 0.717) is 19.0 Å². The molecule has 0 spiro atoms. The number of nitrogens with zero attached hydrogens (tertiary/aromatic N) is 4. The maximum atomic E-state index is 12.5. The number of urea groups is 1. The fourth-order valence-corrected chi connectivity index (χ4v) is 2.78. The van der Waals surface area contributed by atoms with Gasteiger partial charge in [0.1, 0.15) is 6.33 Å². The van der Waals surface area contributed by atoms with E-state index >= 15 is 0 Å². The Morgan fingerprint density at radius 2 is 1.96 bits per heavy atom. The van der Waals surface area contributed by atoms with Gasteiger partial charge in [-0.05, 0) is 17.5 Å². The maximum absolute atomic E-state index is 12.5. The Morgan fingerprint density at radius 3 is 2.61 bits per heavy atom. The molecular weight excluding hydrogens is 292 g/mol. The van der Waals surface area contributed by atoms with Gasteiger partial charge in [0.2, 0.25) is 5.95 Å². The predicted molar refractivity (Wildman–Crippen MR) is 89.7 cm³/mol. The van der Waals surface area contributed by atoms with Crippen LogP contribution in [-0.2, 0) is 0 Å². The van der Waals surface area contributed by atoms with Gasteiger partial charge in [0.15, 0.2) is 0 Å². The summed E-state index contributed by atoms with van der Waals surface area (Å²) in [4.78, 5) is 20.6. The van der Waals surface area contributed by atoms with Gasteiger partial charge in [0.05, 0.1) is 0 Å². The van der Waals surface area contributed by atoms with Crippen molar-refractivity contribution in [1.82, 2.24) is 20.1 Å². The molecule has 1 aliphatic heterocycles. The number of carbonyl (C=O) groups excluding carboxylic acids is 1. The third-order valence-electron chi connectivity index (χ3n) is 4.09. The zero-order chi connectivity index (χ0) is 16.2. The predicted octanol–water partition coefficient (Wildman–Crippen LogP) is 2.28. The summed E-state index contributed by atoms with van der Waals surface area (Å²) < 4.78 is 0. The van der Waals surface area contributed by atoms with Crippen LogP contribution in [0.1, 0.15) is 25.3 Å². The lowest BCUT2D eigenvalue weighted by molar-refractivity contribution is 0.208. The summed E-state index contributed by atoms with van der Waals surface area (Å²) in [6, 6.07) is 7.92. The van der Waals surface area contributed by atoms with Crippen molar-refractivity contribution in [1.29, 1.82) is 0 Å². The number of benzene rings is 1. The minimum atomic E-state index is -0.0460. The lowest BCUT2D eigenvalue weighted by atomic mass is 10.0. The van der Waals surface area contributed by atoms with Crippen LogP contribution in [0.3, 0.4) is 0 Å². The lowest BCUT2D eigenvalue weighted by Crippen LogP contribution is -2.50. The lowest BCUT2D eigenvalue weighted by Gasteiger charge is -2.34. The Hall–Kier alpha value is -2.57. The molecule has 0 aliphatic carbocycles. The number of aromatic nitrogens is 3. The first kappa shape index (κ1) is 15.3. The zero-order valence-corrected chi connectivity index (χ0v) is 13.5. The summed E-state index contributed by atoms with van der Waals surface area (Å²) in [5.74, 6) is 1.13. The van der Waals surface area contributed by atoms with E-state index in [1.54, 1.807) is 0 Å². The van der Waals surface area contributed by atoms with Gasteiger partial charge in [0, 0.05) is 31.9 Å². The molecular formula is C16H22N6O. The Labute approximate surface area is 135 Å². The van der Waals surface area contributed by atoms with Crippen LogP contribution in [0.15, 0.2) is 30.6 Å². The fraction of sp³-hybridized carbons (Fsp3) is 0.438. The molecule has 3 rings (SSSR count). The zero-order valence-electron chi connectivity index (χ0n) is 13.5. The molecule has 0 unspecified atom stereocenters. The van der Waals surface area contributed by atoms with Gasteiger partial charge in [-0.15, -0.1) is 0 Å². The highest BCUT2D eigenvalue weighted by Gasteiger charge is 2.23. The highest BCUT2D eigenvalue weighted by atomic mass is 16.2. The summed E-state index contributed by atoms with van der Waals surface area (Å²) in [6.07, 6.45) is 1.50. The van der Waals surface area contributed by atoms with E-state index in [2.05, 4.69) is 45.3 Å². The van der Waals surface area contributed by atoms with Crippen molar-refractivity contribution in [2.75, 3.05) is 36.4 Å². The van der Waals surface area contributed by atoms with Crippen LogP contribution < -0.4 is 10.2 Å². The average Bonchev–Trinajstić information content (AvgIpc) is 3.10. The Balaban J connectivity index is 1.60. The first-order valence-corrected chi connectivity index (χ1v) is 7.90. The molecule has 2 heterocycles. The average molecular weight is 314 g/mol. The Kier molecular flexibility index (Phi) is 4.45. The van der Waals surface area contributed by atoms with Crippen LogP contribution in [0.25, 0.3) is 0 Å². The third kappa shape index (κ3) is 3.44. The molecule has 23 heavy (non-hydrogen) atoms. The minimum absolute atomic E-state index is 0.0460. The van der Waals surface area contributed by atoms with Gasteiger partial charge < -0.3 is 15.1 Å². The number of carbonyl (C=O) groups is 1. The van der Waals surface area contributed by atoms with Crippen LogP contribution in [-0.4, -0.2) is 52.3 Å². The molecule has 0 radical (unpaired) electrons. The highest BCUT2D eigenvalue weighted by Crippen LogP contribution is 2.24. The first-order valence-electron chi connectivity index (χ1n) is 7.90. The van der Waals surface area contributed by atoms with Gasteiger partial charge in [-0.1, -0.05) is 32.0 Å². The minimum Gasteiger partial charge on any atom is -0.338 e. The molecule has 1 saturated heterocycles. The van der Waals surface area contributed by atoms with E-state index < -0.39 is 0 Å². The number of rotatable bonds is 3. The summed E-state index contributed by atoms with van der Waals surface area (Å²) in [7, 11) is 0. The monoisotopic (exact) mass is 314 g/mol. The molecule has 1 aromatic carbocycles. The van der Waals surface area contributed by atoms with Gasteiger partial charge in [-0.2, -0.15) is 10.1 Å². The number of piperazine rings is 1. The molecule has 2 N–H and O–H groups in total. The molecule has 2 amide bonds. The molecule has 0 atom stereocenters. The molecule has 1 fully saturated rings. The van der Waals surface area contributed by atoms with Crippen LogP contribution in [0, 0.1) is 0 Å². The highest BCUT2D eigenvalue weighted by molar-refractivity contribution is 5.90. The van der Waals surface area contributed by atoms with Crippen molar-refractivity contribution in [2.45, 2.75) is 19.8 Å². The van der Waals surface area contributed by atoms with Gasteiger partial charge in [-0.25, -0.2) is 9.89 Å². The molecule has 2 aromatic rings. The Bertz CT molecular complexity index is 646. The van der Waals surface area contributed by atoms with Crippen molar-refractivity contribution >= 4 is 17.7 Å². The second-order valence-corrected chi connectivity index (χ2v) is 5.96. The second-order valence-electron chi connectivity index (χ2n) is 5.96. The molecule has 122 valence electrons. The van der Waals surface area contributed by atoms with E-state index in [4.69, 9.17) is 0 Å². The Morgan fingerprint density at radius 1 is 1.22 bits per heavy atom. The van der Waals surface area contributed by atoms with Crippen LogP contribution in [0.4, 0.5) is 16.4 Å². The van der Waals surface area contributed by atoms with Gasteiger partial charge >= 0.3 is 6.03 Å². The maximum Gasteiger partial charge on any atom is 0.321 e. The van der Waals surface area contributed by atoms with E-state index in [1.165, 1.54) is 6.33 Å². The first-order chi connectivity index (χ1) is 11.1. The van der Waals surface area contributed by atoms with Crippen molar-refractivity contribution in [2.24, 2.45) is 0 Å². The number of H-pyrrole nitrogens is 1. The van der Waals surface area contributed by atoms with Crippen molar-refractivity contribution in [3.8, 4) is 0 Å². The molecule has 0 bridgehead atoms. The van der Waals surface area contributed by atoms with E-state index in [9.17, 15) is 4.79 Å². The van der Waals surface area contributed by atoms with Crippen molar-refractivity contribution < 1.29 is 4.79 Å². The number of amides is 2. The van der Waals surface area contributed by atoms with Gasteiger partial charge in [0.25, 0.3) is 0 Å². The normalized spacial score (nSPS) is 15.1. The van der Waals surface area contributed by atoms with E-state index in [0.717, 1.165) is 30.3 Å². The number of para-hydroxylation sites is 1. The summed E-state index contributed by atoms with van der Waals surface area (Å²) >= 11 is 0. The van der Waals surface area contributed by atoms with Crippen LogP contribution in [0.5, 0.6) is 0 Å². The molecule has 1 aromatic heterocycles. The number of anilines is 2. The number of hydrogen-bond acceptors (Lipinski definition) is 4. The SMILES string of the molecule is CC(C)c1ccccc1NC(=O)N1CCN(c2ncn[nH]2)CC1. The molecule has 1 aliphatic rings.